The number of halogens is 8. The summed E-state index contributed by atoms with van der Waals surface area (Å²) in [4.78, 5) is 47.9. The van der Waals surface area contributed by atoms with Gasteiger partial charge in [0, 0.05) is 35.7 Å². The van der Waals surface area contributed by atoms with Crippen molar-refractivity contribution in [1.29, 1.82) is 0 Å². The number of carboxylic acid groups (broad SMARTS) is 1. The Bertz CT molecular complexity index is 2580. The van der Waals surface area contributed by atoms with E-state index in [1.807, 2.05) is 0 Å². The van der Waals surface area contributed by atoms with Crippen LogP contribution in [0.2, 0.25) is 0 Å². The molecule has 6 rings (SSSR count). The molecule has 0 bridgehead atoms. The number of Topliss-reactive ketones (excluding diaryl/α,β-unsaturated/α-hetero) is 1. The van der Waals surface area contributed by atoms with Crippen LogP contribution in [0, 0.1) is 53.5 Å². The zero-order valence-electron chi connectivity index (χ0n) is 26.5. The third-order valence-electron chi connectivity index (χ3n) is 7.99. The number of hydrogen-bond donors (Lipinski definition) is 1. The van der Waals surface area contributed by atoms with Gasteiger partial charge in [0.1, 0.15) is 28.8 Å². The Morgan fingerprint density at radius 2 is 1.10 bits per heavy atom. The Kier molecular flexibility index (Phi) is 9.68. The number of carbonyl (C=O) groups excluding carboxylic acids is 1. The predicted octanol–water partition coefficient (Wildman–Crippen LogP) is 7.87. The molecule has 6 aromatic rings. The van der Waals surface area contributed by atoms with Crippen molar-refractivity contribution in [3.05, 3.63) is 150 Å². The van der Waals surface area contributed by atoms with E-state index in [9.17, 15) is 54.3 Å². The molecular weight excluding hydrogens is 692 g/mol. The van der Waals surface area contributed by atoms with Gasteiger partial charge in [0.2, 0.25) is 5.43 Å². The maximum absolute atomic E-state index is 14.3. The second kappa shape index (κ2) is 13.7. The van der Waals surface area contributed by atoms with E-state index in [2.05, 4.69) is 0 Å². The van der Waals surface area contributed by atoms with E-state index in [0.29, 0.717) is 24.3 Å². The Hall–Kier alpha value is -6.12. The number of hydrogen-bond acceptors (Lipinski definition) is 4. The van der Waals surface area contributed by atoms with Crippen LogP contribution in [0.3, 0.4) is 0 Å². The number of aromatic carboxylic acids is 1. The lowest BCUT2D eigenvalue weighted by Gasteiger charge is -2.17. The number of pyridine rings is 2. The summed E-state index contributed by atoms with van der Waals surface area (Å²) < 4.78 is 113. The highest BCUT2D eigenvalue weighted by Gasteiger charge is 2.23. The van der Waals surface area contributed by atoms with Gasteiger partial charge in [-0.2, -0.15) is 0 Å². The van der Waals surface area contributed by atoms with Gasteiger partial charge in [-0.1, -0.05) is 6.92 Å². The fourth-order valence-electron chi connectivity index (χ4n) is 5.60. The van der Waals surface area contributed by atoms with Gasteiger partial charge < -0.3 is 14.2 Å². The van der Waals surface area contributed by atoms with E-state index < -0.39 is 80.1 Å². The van der Waals surface area contributed by atoms with Crippen LogP contribution < -0.4 is 10.9 Å². The van der Waals surface area contributed by atoms with E-state index in [1.54, 1.807) is 6.92 Å². The average molecular weight is 715 g/mol. The monoisotopic (exact) mass is 714 g/mol. The van der Waals surface area contributed by atoms with E-state index in [-0.39, 0.29) is 50.9 Å². The SMILES string of the molecule is CCc1c(F)c(F)cc2c(=O)c(C(C)=O)cn(-c3ccc(F)cc3F)c12.Cc1c(F)c(F)cc2c(=O)c(C(=O)O)cn(-c3ccc(F)cc3F)c12. The number of fused-ring (bicyclic) bond motifs is 2. The van der Waals surface area contributed by atoms with E-state index >= 15 is 0 Å². The first-order chi connectivity index (χ1) is 24.0. The van der Waals surface area contributed by atoms with Crippen molar-refractivity contribution in [3.63, 3.8) is 0 Å². The third kappa shape index (κ3) is 6.37. The van der Waals surface area contributed by atoms with Crippen LogP contribution in [-0.4, -0.2) is 26.0 Å². The quantitative estimate of drug-likeness (QED) is 0.145. The first-order valence-corrected chi connectivity index (χ1v) is 14.7. The van der Waals surface area contributed by atoms with Crippen molar-refractivity contribution in [2.75, 3.05) is 0 Å². The number of ketones is 1. The first-order valence-electron chi connectivity index (χ1n) is 14.7. The minimum absolute atomic E-state index is 0.0156. The van der Waals surface area contributed by atoms with Crippen LogP contribution in [0.15, 0.2) is 70.5 Å². The zero-order valence-corrected chi connectivity index (χ0v) is 26.5. The fourth-order valence-corrected chi connectivity index (χ4v) is 5.60. The minimum atomic E-state index is -1.62. The molecule has 0 aliphatic carbocycles. The molecule has 0 saturated carbocycles. The normalized spacial score (nSPS) is 11.1. The number of aromatic nitrogens is 2. The highest BCUT2D eigenvalue weighted by molar-refractivity contribution is 5.98. The summed E-state index contributed by atoms with van der Waals surface area (Å²) in [6.45, 7) is 3.85. The highest BCUT2D eigenvalue weighted by Crippen LogP contribution is 2.29. The van der Waals surface area contributed by atoms with Gasteiger partial charge in [-0.3, -0.25) is 14.4 Å². The molecule has 0 aliphatic rings. The maximum atomic E-state index is 14.3. The van der Waals surface area contributed by atoms with Crippen LogP contribution in [0.4, 0.5) is 35.1 Å². The van der Waals surface area contributed by atoms with Crippen molar-refractivity contribution in [2.45, 2.75) is 27.2 Å². The van der Waals surface area contributed by atoms with Gasteiger partial charge in [-0.25, -0.2) is 39.9 Å². The lowest BCUT2D eigenvalue weighted by atomic mass is 10.0. The molecule has 4 aromatic carbocycles. The van der Waals surface area contributed by atoms with Crippen LogP contribution in [0.25, 0.3) is 33.2 Å². The average Bonchev–Trinajstić information content (AvgIpc) is 3.06. The summed E-state index contributed by atoms with van der Waals surface area (Å²) in [7, 11) is 0. The Balaban J connectivity index is 0.000000198. The summed E-state index contributed by atoms with van der Waals surface area (Å²) in [5.74, 6) is -11.0. The summed E-state index contributed by atoms with van der Waals surface area (Å²) in [6.07, 6.45) is 1.88. The molecule has 262 valence electrons. The Morgan fingerprint density at radius 1 is 0.647 bits per heavy atom. The molecule has 0 amide bonds. The molecule has 7 nitrogen and oxygen atoms in total. The van der Waals surface area contributed by atoms with Gasteiger partial charge >= 0.3 is 5.97 Å². The van der Waals surface area contributed by atoms with E-state index in [4.69, 9.17) is 5.11 Å². The van der Waals surface area contributed by atoms with Crippen molar-refractivity contribution in [1.82, 2.24) is 9.13 Å². The van der Waals surface area contributed by atoms with Crippen molar-refractivity contribution in [2.24, 2.45) is 0 Å². The molecule has 0 saturated heterocycles. The molecule has 15 heteroatoms. The Labute approximate surface area is 281 Å². The summed E-state index contributed by atoms with van der Waals surface area (Å²) >= 11 is 0. The highest BCUT2D eigenvalue weighted by atomic mass is 19.2. The van der Waals surface area contributed by atoms with Crippen molar-refractivity contribution < 1.29 is 49.8 Å². The Morgan fingerprint density at radius 3 is 1.57 bits per heavy atom. The van der Waals surface area contributed by atoms with Gasteiger partial charge in [0.25, 0.3) is 0 Å². The number of nitrogens with zero attached hydrogens (tertiary/aromatic N) is 2. The molecule has 0 spiro atoms. The smallest absolute Gasteiger partial charge is 0.341 e. The molecule has 51 heavy (non-hydrogen) atoms. The molecule has 2 heterocycles. The number of aryl methyl sites for hydroxylation is 2. The molecule has 0 unspecified atom stereocenters. The van der Waals surface area contributed by atoms with Gasteiger partial charge in [-0.05, 0) is 56.7 Å². The molecule has 1 N–H and O–H groups in total. The summed E-state index contributed by atoms with van der Waals surface area (Å²) in [5.41, 5.74) is -4.13. The van der Waals surface area contributed by atoms with Crippen molar-refractivity contribution in [3.8, 4) is 11.4 Å². The molecular formula is C36H22F8N2O5. The van der Waals surface area contributed by atoms with E-state index in [1.165, 1.54) is 6.92 Å². The topological polar surface area (TPSA) is 98.4 Å². The molecule has 0 atom stereocenters. The third-order valence-corrected chi connectivity index (χ3v) is 7.99. The number of rotatable bonds is 5. The van der Waals surface area contributed by atoms with Crippen molar-refractivity contribution >= 4 is 33.6 Å². The number of carboxylic acids is 1. The largest absolute Gasteiger partial charge is 0.477 e. The fraction of sp³-hybridized carbons (Fsp3) is 0.111. The molecule has 0 radical (unpaired) electrons. The number of carbonyl (C=O) groups is 2. The van der Waals surface area contributed by atoms with Gasteiger partial charge in [0.15, 0.2) is 34.5 Å². The lowest BCUT2D eigenvalue weighted by Crippen LogP contribution is -2.20. The second-order valence-corrected chi connectivity index (χ2v) is 11.1. The first kappa shape index (κ1) is 36.2. The zero-order chi connectivity index (χ0) is 37.6. The standard InChI is InChI=1S/C19H13F4NO2.C17H9F4NO3/c1-3-11-17(23)15(22)7-12-18(11)24(8-13(9(2)25)19(12)26)16-5-4-10(20)6-14(16)21;1-7-14(21)12(20)5-9-15(7)22(6-10(16(9)23)17(24)25)13-3-2-8(18)4-11(13)19/h4-8H,3H2,1-2H3;2-6H,1H3,(H,24,25). The van der Waals surface area contributed by atoms with E-state index in [0.717, 1.165) is 52.7 Å². The summed E-state index contributed by atoms with van der Waals surface area (Å²) in [6, 6.07) is 6.42. The lowest BCUT2D eigenvalue weighted by molar-refractivity contribution is 0.0694. The molecule has 2 aromatic heterocycles. The molecule has 0 aliphatic heterocycles. The summed E-state index contributed by atoms with van der Waals surface area (Å²) in [5, 5.41) is 8.49. The van der Waals surface area contributed by atoms with Crippen LogP contribution >= 0.6 is 0 Å². The molecule has 0 fully saturated rings. The maximum Gasteiger partial charge on any atom is 0.341 e. The van der Waals surface area contributed by atoms with Crippen LogP contribution in [-0.2, 0) is 6.42 Å². The van der Waals surface area contributed by atoms with Crippen LogP contribution in [0.5, 0.6) is 0 Å². The predicted molar refractivity (Wildman–Crippen MR) is 170 cm³/mol. The van der Waals surface area contributed by atoms with Gasteiger partial charge in [0.05, 0.1) is 38.7 Å². The van der Waals surface area contributed by atoms with Gasteiger partial charge in [-0.15, -0.1) is 0 Å². The van der Waals surface area contributed by atoms with Crippen LogP contribution in [0.1, 0.15) is 45.7 Å². The number of benzene rings is 4. The second-order valence-electron chi connectivity index (χ2n) is 11.1. The minimum Gasteiger partial charge on any atom is -0.477 e.